The highest BCUT2D eigenvalue weighted by Gasteiger charge is 2.16. The first-order chi connectivity index (χ1) is 16.4. The van der Waals surface area contributed by atoms with Gasteiger partial charge in [0, 0.05) is 23.9 Å². The van der Waals surface area contributed by atoms with Crippen molar-refractivity contribution in [2.75, 3.05) is 5.75 Å². The minimum atomic E-state index is -0.00894. The van der Waals surface area contributed by atoms with Gasteiger partial charge < -0.3 is 5.32 Å². The van der Waals surface area contributed by atoms with Crippen LogP contribution in [0.4, 0.5) is 0 Å². The van der Waals surface area contributed by atoms with Crippen molar-refractivity contribution >= 4 is 23.4 Å². The van der Waals surface area contributed by atoms with Gasteiger partial charge in [-0.15, -0.1) is 5.10 Å². The van der Waals surface area contributed by atoms with Gasteiger partial charge in [-0.1, -0.05) is 71.9 Å². The van der Waals surface area contributed by atoms with Crippen molar-refractivity contribution in [3.8, 4) is 0 Å². The number of aryl methyl sites for hydroxylation is 4. The van der Waals surface area contributed by atoms with Gasteiger partial charge in [-0.2, -0.15) is 4.98 Å². The number of hydrogen-bond donors (Lipinski definition) is 1. The molecule has 0 radical (unpaired) electrons. The summed E-state index contributed by atoms with van der Waals surface area (Å²) in [5, 5.41) is 8.26. The second-order valence-electron chi connectivity index (χ2n) is 8.81. The average Bonchev–Trinajstić information content (AvgIpc) is 3.24. The molecule has 4 aromatic rings. The highest BCUT2D eigenvalue weighted by molar-refractivity contribution is 7.99. The normalized spacial score (nSPS) is 12.1. The third-order valence-corrected chi connectivity index (χ3v) is 6.82. The molecular formula is C27H31N5OS. The topological polar surface area (TPSA) is 72.2 Å². The Morgan fingerprint density at radius 1 is 1.00 bits per heavy atom. The second kappa shape index (κ2) is 10.8. The summed E-state index contributed by atoms with van der Waals surface area (Å²) in [6, 6.07) is 19.0. The van der Waals surface area contributed by atoms with E-state index < -0.39 is 0 Å². The fourth-order valence-corrected chi connectivity index (χ4v) is 4.59. The van der Waals surface area contributed by atoms with Crippen LogP contribution in [-0.2, 0) is 17.6 Å². The number of carbonyl (C=O) groups is 1. The van der Waals surface area contributed by atoms with E-state index in [1.54, 1.807) is 4.52 Å². The number of rotatable bonds is 9. The second-order valence-corrected chi connectivity index (χ2v) is 9.75. The van der Waals surface area contributed by atoms with E-state index in [-0.39, 0.29) is 17.7 Å². The zero-order chi connectivity index (χ0) is 24.1. The predicted molar refractivity (Wildman–Crippen MR) is 137 cm³/mol. The molecule has 2 aromatic carbocycles. The average molecular weight is 474 g/mol. The fraction of sp³-hybridized carbons (Fsp3) is 0.333. The van der Waals surface area contributed by atoms with Crippen LogP contribution in [0.5, 0.6) is 0 Å². The van der Waals surface area contributed by atoms with Crippen molar-refractivity contribution in [3.05, 3.63) is 88.2 Å². The van der Waals surface area contributed by atoms with Crippen LogP contribution in [0, 0.1) is 20.8 Å². The Morgan fingerprint density at radius 3 is 2.47 bits per heavy atom. The van der Waals surface area contributed by atoms with E-state index in [1.807, 2.05) is 32.0 Å². The minimum Gasteiger partial charge on any atom is -0.353 e. The van der Waals surface area contributed by atoms with E-state index >= 15 is 0 Å². The van der Waals surface area contributed by atoms with E-state index in [1.165, 1.54) is 28.5 Å². The third-order valence-electron chi connectivity index (χ3n) is 5.98. The van der Waals surface area contributed by atoms with Gasteiger partial charge in [0.25, 0.3) is 5.78 Å². The molecule has 0 aliphatic rings. The molecule has 0 fully saturated rings. The number of aromatic nitrogens is 4. The van der Waals surface area contributed by atoms with E-state index in [2.05, 4.69) is 70.6 Å². The maximum Gasteiger partial charge on any atom is 0.253 e. The molecule has 176 valence electrons. The summed E-state index contributed by atoms with van der Waals surface area (Å²) in [4.78, 5) is 21.7. The summed E-state index contributed by atoms with van der Waals surface area (Å²) in [7, 11) is 0. The molecule has 0 spiro atoms. The molecular weight excluding hydrogens is 442 g/mol. The largest absolute Gasteiger partial charge is 0.353 e. The molecule has 2 heterocycles. The summed E-state index contributed by atoms with van der Waals surface area (Å²) in [5.74, 6) is 0.841. The van der Waals surface area contributed by atoms with Crippen molar-refractivity contribution in [3.63, 3.8) is 0 Å². The molecule has 6 nitrogen and oxygen atoms in total. The van der Waals surface area contributed by atoms with Crippen LogP contribution in [0.2, 0.25) is 0 Å². The number of carbonyl (C=O) groups excluding carboxylic acids is 1. The van der Waals surface area contributed by atoms with Crippen molar-refractivity contribution in [1.29, 1.82) is 0 Å². The highest BCUT2D eigenvalue weighted by atomic mass is 32.2. The lowest BCUT2D eigenvalue weighted by molar-refractivity contribution is -0.119. The van der Waals surface area contributed by atoms with Crippen LogP contribution in [0.3, 0.4) is 0 Å². The Bertz CT molecular complexity index is 1270. The van der Waals surface area contributed by atoms with Gasteiger partial charge in [0.2, 0.25) is 11.1 Å². The lowest BCUT2D eigenvalue weighted by Crippen LogP contribution is -2.34. The van der Waals surface area contributed by atoms with E-state index in [0.29, 0.717) is 10.9 Å². The van der Waals surface area contributed by atoms with Gasteiger partial charge in [-0.25, -0.2) is 9.50 Å². The molecule has 0 aliphatic carbocycles. The summed E-state index contributed by atoms with van der Waals surface area (Å²) in [6.45, 7) is 8.20. The van der Waals surface area contributed by atoms with Crippen LogP contribution in [-0.4, -0.2) is 37.3 Å². The molecule has 1 amide bonds. The van der Waals surface area contributed by atoms with Crippen LogP contribution >= 0.6 is 11.8 Å². The van der Waals surface area contributed by atoms with E-state index in [4.69, 9.17) is 0 Å². The Hall–Kier alpha value is -3.19. The lowest BCUT2D eigenvalue weighted by atomic mass is 10.0. The number of benzene rings is 2. The van der Waals surface area contributed by atoms with E-state index in [9.17, 15) is 4.79 Å². The van der Waals surface area contributed by atoms with Crippen molar-refractivity contribution in [2.45, 2.75) is 58.2 Å². The zero-order valence-corrected chi connectivity index (χ0v) is 21.0. The molecule has 2 aromatic heterocycles. The number of nitrogens with zero attached hydrogens (tertiary/aromatic N) is 4. The third kappa shape index (κ3) is 6.03. The lowest BCUT2D eigenvalue weighted by Gasteiger charge is -2.13. The molecule has 0 saturated heterocycles. The van der Waals surface area contributed by atoms with E-state index in [0.717, 1.165) is 36.2 Å². The van der Waals surface area contributed by atoms with Crippen molar-refractivity contribution in [2.24, 2.45) is 0 Å². The number of hydrogen-bond acceptors (Lipinski definition) is 5. The number of fused-ring (bicyclic) bond motifs is 1. The SMILES string of the molecule is Cc1ccc(Cc2c(C)nc3nc(SCC(=O)N[C@H](C)CCc4ccccc4)nn3c2C)cc1. The Labute approximate surface area is 205 Å². The Morgan fingerprint density at radius 2 is 1.74 bits per heavy atom. The molecule has 0 aliphatic heterocycles. The van der Waals surface area contributed by atoms with Crippen molar-refractivity contribution < 1.29 is 4.79 Å². The zero-order valence-electron chi connectivity index (χ0n) is 20.2. The summed E-state index contributed by atoms with van der Waals surface area (Å²) < 4.78 is 1.79. The Kier molecular flexibility index (Phi) is 7.63. The number of thioether (sulfide) groups is 1. The smallest absolute Gasteiger partial charge is 0.253 e. The van der Waals surface area contributed by atoms with Crippen LogP contribution < -0.4 is 5.32 Å². The first kappa shape index (κ1) is 24.0. The van der Waals surface area contributed by atoms with Gasteiger partial charge in [0.1, 0.15) is 0 Å². The molecule has 4 rings (SSSR count). The minimum absolute atomic E-state index is 0.00894. The quantitative estimate of drug-likeness (QED) is 0.351. The van der Waals surface area contributed by atoms with Gasteiger partial charge in [-0.05, 0) is 57.2 Å². The van der Waals surface area contributed by atoms with Gasteiger partial charge in [-0.3, -0.25) is 4.79 Å². The van der Waals surface area contributed by atoms with Gasteiger partial charge >= 0.3 is 0 Å². The maximum atomic E-state index is 12.4. The maximum absolute atomic E-state index is 12.4. The molecule has 0 unspecified atom stereocenters. The number of amides is 1. The molecule has 1 N–H and O–H groups in total. The van der Waals surface area contributed by atoms with Crippen molar-refractivity contribution in [1.82, 2.24) is 24.9 Å². The highest BCUT2D eigenvalue weighted by Crippen LogP contribution is 2.21. The standard InChI is InChI=1S/C27H31N5OS/c1-18-10-13-23(14-11-18)16-24-20(3)29-26-30-27(31-32(26)21(24)4)34-17-25(33)28-19(2)12-15-22-8-6-5-7-9-22/h5-11,13-14,19H,12,15-17H2,1-4H3,(H,28,33)/t19-/m1/s1. The predicted octanol–water partition coefficient (Wildman–Crippen LogP) is 4.87. The Balaban J connectivity index is 1.36. The van der Waals surface area contributed by atoms with Gasteiger partial charge in [0.05, 0.1) is 5.75 Å². The van der Waals surface area contributed by atoms with Gasteiger partial charge in [0.15, 0.2) is 0 Å². The molecule has 7 heteroatoms. The van der Waals surface area contributed by atoms with Crippen LogP contribution in [0.15, 0.2) is 59.8 Å². The first-order valence-electron chi connectivity index (χ1n) is 11.6. The summed E-state index contributed by atoms with van der Waals surface area (Å²) >= 11 is 1.34. The monoisotopic (exact) mass is 473 g/mol. The molecule has 34 heavy (non-hydrogen) atoms. The fourth-order valence-electron chi connectivity index (χ4n) is 3.96. The molecule has 0 bridgehead atoms. The summed E-state index contributed by atoms with van der Waals surface area (Å²) in [5.41, 5.74) is 6.92. The molecule has 0 saturated carbocycles. The van der Waals surface area contributed by atoms with Crippen LogP contribution in [0.25, 0.3) is 5.78 Å². The van der Waals surface area contributed by atoms with Crippen LogP contribution in [0.1, 0.15) is 47.0 Å². The first-order valence-corrected chi connectivity index (χ1v) is 12.6. The number of nitrogens with one attached hydrogen (secondary N) is 1. The summed E-state index contributed by atoms with van der Waals surface area (Å²) in [6.07, 6.45) is 2.64. The molecule has 1 atom stereocenters.